The van der Waals surface area contributed by atoms with E-state index in [0.717, 1.165) is 20.9 Å². The molecule has 3 N–H and O–H groups in total. The van der Waals surface area contributed by atoms with Crippen LogP contribution in [0.3, 0.4) is 0 Å². The molecule has 3 rings (SSSR count). The minimum Gasteiger partial charge on any atom is -0.396 e. The van der Waals surface area contributed by atoms with E-state index >= 15 is 0 Å². The van der Waals surface area contributed by atoms with Gasteiger partial charge in [-0.2, -0.15) is 0 Å². The lowest BCUT2D eigenvalue weighted by atomic mass is 10.2. The number of fused-ring (bicyclic) bond motifs is 3. The molecule has 0 radical (unpaired) electrons. The molecule has 0 spiro atoms. The van der Waals surface area contributed by atoms with Crippen LogP contribution in [0.5, 0.6) is 0 Å². The number of aliphatic hydroxyl groups is 1. The lowest BCUT2D eigenvalue weighted by Crippen LogP contribution is -2.10. The molecule has 6 heteroatoms. The van der Waals surface area contributed by atoms with Gasteiger partial charge in [-0.25, -0.2) is 4.98 Å². The average molecular weight is 261 g/mol. The van der Waals surface area contributed by atoms with Gasteiger partial charge in [-0.3, -0.25) is 9.20 Å². The summed E-state index contributed by atoms with van der Waals surface area (Å²) in [6, 6.07) is 5.36. The molecular formula is C12H11N3O2S. The highest BCUT2D eigenvalue weighted by molar-refractivity contribution is 7.23. The number of hydrogen-bond donors (Lipinski definition) is 2. The van der Waals surface area contributed by atoms with Crippen molar-refractivity contribution >= 4 is 32.4 Å². The molecule has 5 nitrogen and oxygen atoms in total. The van der Waals surface area contributed by atoms with E-state index in [1.165, 1.54) is 11.3 Å². The number of thiazole rings is 1. The number of hydrogen-bond acceptors (Lipinski definition) is 4. The van der Waals surface area contributed by atoms with Crippen LogP contribution in [0.2, 0.25) is 0 Å². The van der Waals surface area contributed by atoms with Gasteiger partial charge in [0.05, 0.1) is 15.9 Å². The van der Waals surface area contributed by atoms with Crippen molar-refractivity contribution in [3.63, 3.8) is 0 Å². The van der Waals surface area contributed by atoms with E-state index in [1.807, 2.05) is 16.7 Å². The molecule has 2 heterocycles. The molecule has 0 saturated heterocycles. The predicted molar refractivity (Wildman–Crippen MR) is 69.9 cm³/mol. The Hall–Kier alpha value is -1.92. The van der Waals surface area contributed by atoms with Gasteiger partial charge in [0.25, 0.3) is 0 Å². The van der Waals surface area contributed by atoms with Gasteiger partial charge in [0.2, 0.25) is 5.91 Å². The molecule has 1 amide bonds. The number of carbonyl (C=O) groups excluding carboxylic acids is 1. The van der Waals surface area contributed by atoms with Gasteiger partial charge in [-0.15, -0.1) is 0 Å². The fourth-order valence-corrected chi connectivity index (χ4v) is 3.00. The first-order valence-electron chi connectivity index (χ1n) is 5.50. The van der Waals surface area contributed by atoms with Crippen LogP contribution < -0.4 is 5.73 Å². The maximum Gasteiger partial charge on any atom is 0.248 e. The van der Waals surface area contributed by atoms with Crippen LogP contribution in [0.15, 0.2) is 24.4 Å². The van der Waals surface area contributed by atoms with Gasteiger partial charge in [0.1, 0.15) is 0 Å². The summed E-state index contributed by atoms with van der Waals surface area (Å²) in [6.45, 7) is 0.0919. The molecular weight excluding hydrogens is 250 g/mol. The number of amides is 1. The van der Waals surface area contributed by atoms with E-state index in [-0.39, 0.29) is 6.61 Å². The number of benzene rings is 1. The van der Waals surface area contributed by atoms with Gasteiger partial charge < -0.3 is 10.8 Å². The first-order chi connectivity index (χ1) is 8.69. The molecule has 92 valence electrons. The molecule has 1 aromatic carbocycles. The van der Waals surface area contributed by atoms with Crippen molar-refractivity contribution in [2.24, 2.45) is 5.73 Å². The Bertz CT molecular complexity index is 744. The molecule has 0 aliphatic heterocycles. The number of imidazole rings is 1. The molecule has 0 bridgehead atoms. The maximum atomic E-state index is 11.1. The second-order valence-corrected chi connectivity index (χ2v) is 5.02. The van der Waals surface area contributed by atoms with Gasteiger partial charge in [-0.05, 0) is 18.2 Å². The van der Waals surface area contributed by atoms with Gasteiger partial charge in [0, 0.05) is 24.8 Å². The van der Waals surface area contributed by atoms with E-state index in [4.69, 9.17) is 10.8 Å². The van der Waals surface area contributed by atoms with E-state index < -0.39 is 5.91 Å². The lowest BCUT2D eigenvalue weighted by molar-refractivity contribution is 0.100. The highest BCUT2D eigenvalue weighted by Crippen LogP contribution is 2.27. The number of rotatable bonds is 3. The van der Waals surface area contributed by atoms with E-state index in [9.17, 15) is 4.79 Å². The molecule has 2 aromatic heterocycles. The molecule has 0 aliphatic carbocycles. The Labute approximate surface area is 106 Å². The molecule has 0 atom stereocenters. The topological polar surface area (TPSA) is 80.6 Å². The van der Waals surface area contributed by atoms with Crippen LogP contribution in [-0.4, -0.2) is 27.0 Å². The van der Waals surface area contributed by atoms with Crippen molar-refractivity contribution in [3.05, 3.63) is 35.7 Å². The number of aliphatic hydroxyl groups excluding tert-OH is 1. The van der Waals surface area contributed by atoms with Gasteiger partial charge in [0.15, 0.2) is 4.96 Å². The summed E-state index contributed by atoms with van der Waals surface area (Å²) in [5.41, 5.74) is 7.62. The lowest BCUT2D eigenvalue weighted by Gasteiger charge is -1.95. The number of nitrogens with zero attached hydrogens (tertiary/aromatic N) is 2. The Morgan fingerprint density at radius 3 is 3.06 bits per heavy atom. The summed E-state index contributed by atoms with van der Waals surface area (Å²) >= 11 is 1.50. The van der Waals surface area contributed by atoms with Crippen molar-refractivity contribution in [1.82, 2.24) is 9.38 Å². The van der Waals surface area contributed by atoms with Crippen LogP contribution in [0, 0.1) is 0 Å². The molecule has 18 heavy (non-hydrogen) atoms. The zero-order chi connectivity index (χ0) is 12.7. The minimum atomic E-state index is -0.427. The highest BCUT2D eigenvalue weighted by Gasteiger charge is 2.10. The Kier molecular flexibility index (Phi) is 2.53. The predicted octanol–water partition coefficient (Wildman–Crippen LogP) is 1.18. The number of aromatic nitrogens is 2. The SMILES string of the molecule is NC(=O)c1ccc2c(c1)sc1nc(CCO)cn12. The summed E-state index contributed by atoms with van der Waals surface area (Å²) in [4.78, 5) is 16.4. The zero-order valence-electron chi connectivity index (χ0n) is 9.46. The fraction of sp³-hybridized carbons (Fsp3) is 0.167. The van der Waals surface area contributed by atoms with Crippen molar-refractivity contribution in [2.45, 2.75) is 6.42 Å². The van der Waals surface area contributed by atoms with Gasteiger partial charge >= 0.3 is 0 Å². The monoisotopic (exact) mass is 261 g/mol. The van der Waals surface area contributed by atoms with E-state index in [2.05, 4.69) is 4.98 Å². The Morgan fingerprint density at radius 1 is 1.50 bits per heavy atom. The van der Waals surface area contributed by atoms with Crippen LogP contribution in [0.25, 0.3) is 15.2 Å². The highest BCUT2D eigenvalue weighted by atomic mass is 32.1. The smallest absolute Gasteiger partial charge is 0.248 e. The van der Waals surface area contributed by atoms with Crippen LogP contribution in [0.1, 0.15) is 16.1 Å². The first-order valence-corrected chi connectivity index (χ1v) is 6.32. The number of carbonyl (C=O) groups is 1. The summed E-state index contributed by atoms with van der Waals surface area (Å²) in [5.74, 6) is -0.427. The summed E-state index contributed by atoms with van der Waals surface area (Å²) < 4.78 is 2.94. The second kappa shape index (κ2) is 4.08. The standard InChI is InChI=1S/C12H11N3O2S/c13-11(17)7-1-2-9-10(5-7)18-12-14-8(3-4-16)6-15(9)12/h1-2,5-6,16H,3-4H2,(H2,13,17). The normalized spacial score (nSPS) is 11.4. The molecule has 0 saturated carbocycles. The second-order valence-electron chi connectivity index (χ2n) is 4.01. The van der Waals surface area contributed by atoms with Crippen LogP contribution in [-0.2, 0) is 6.42 Å². The van der Waals surface area contributed by atoms with E-state index in [1.54, 1.807) is 12.1 Å². The maximum absolute atomic E-state index is 11.1. The van der Waals surface area contributed by atoms with E-state index in [0.29, 0.717) is 12.0 Å². The zero-order valence-corrected chi connectivity index (χ0v) is 10.3. The third-order valence-corrected chi connectivity index (χ3v) is 3.81. The fourth-order valence-electron chi connectivity index (χ4n) is 1.94. The number of nitrogens with two attached hydrogens (primary N) is 1. The molecule has 0 fully saturated rings. The first kappa shape index (κ1) is 11.2. The van der Waals surface area contributed by atoms with Gasteiger partial charge in [-0.1, -0.05) is 11.3 Å². The Morgan fingerprint density at radius 2 is 2.33 bits per heavy atom. The number of primary amides is 1. The third kappa shape index (κ3) is 1.66. The third-order valence-electron chi connectivity index (χ3n) is 2.80. The van der Waals surface area contributed by atoms with Crippen molar-refractivity contribution in [3.8, 4) is 0 Å². The molecule has 3 aromatic rings. The Balaban J connectivity index is 2.19. The average Bonchev–Trinajstić information content (AvgIpc) is 2.85. The van der Waals surface area contributed by atoms with Crippen molar-refractivity contribution < 1.29 is 9.90 Å². The summed E-state index contributed by atoms with van der Waals surface area (Å²) in [7, 11) is 0. The van der Waals surface area contributed by atoms with Crippen LogP contribution in [0.4, 0.5) is 0 Å². The van der Waals surface area contributed by atoms with Crippen LogP contribution >= 0.6 is 11.3 Å². The quantitative estimate of drug-likeness (QED) is 0.743. The summed E-state index contributed by atoms with van der Waals surface area (Å²) in [5, 5.41) is 8.90. The van der Waals surface area contributed by atoms with Crippen molar-refractivity contribution in [1.29, 1.82) is 0 Å². The van der Waals surface area contributed by atoms with Crippen molar-refractivity contribution in [2.75, 3.05) is 6.61 Å². The minimum absolute atomic E-state index is 0.0919. The molecule has 0 aliphatic rings. The summed E-state index contributed by atoms with van der Waals surface area (Å²) in [6.07, 6.45) is 2.46. The largest absolute Gasteiger partial charge is 0.396 e. The molecule has 0 unspecified atom stereocenters.